The maximum Gasteiger partial charge on any atom is 0.246 e. The first-order valence-electron chi connectivity index (χ1n) is 10.5. The van der Waals surface area contributed by atoms with Gasteiger partial charge in [0.15, 0.2) is 0 Å². The first-order chi connectivity index (χ1) is 14.3. The predicted molar refractivity (Wildman–Crippen MR) is 116 cm³/mol. The standard InChI is InChI=1S/C24H33N3O3/c1-16(2)22-10-20(17(3)9-21(22)14-27-24(29)15-30-4)11-23(28)26-13-19-7-5-18(12-25)6-8-19/h5-9,16,20-22H,10-11,13-15H2,1-4H3,(H,26,28)(H,27,29). The van der Waals surface area contributed by atoms with Gasteiger partial charge < -0.3 is 15.4 Å². The largest absolute Gasteiger partial charge is 0.375 e. The molecule has 162 valence electrons. The van der Waals surface area contributed by atoms with Crippen molar-refractivity contribution in [2.45, 2.75) is 40.2 Å². The van der Waals surface area contributed by atoms with Gasteiger partial charge in [-0.2, -0.15) is 5.26 Å². The Morgan fingerprint density at radius 3 is 2.50 bits per heavy atom. The molecular formula is C24H33N3O3. The number of allylic oxidation sites excluding steroid dienone is 1. The second-order valence-corrected chi connectivity index (χ2v) is 8.44. The molecule has 0 spiro atoms. The molecule has 0 heterocycles. The number of nitrogens with one attached hydrogen (secondary N) is 2. The van der Waals surface area contributed by atoms with Crippen molar-refractivity contribution in [1.29, 1.82) is 5.26 Å². The van der Waals surface area contributed by atoms with Crippen LogP contribution in [0.15, 0.2) is 35.9 Å². The first kappa shape index (κ1) is 23.6. The van der Waals surface area contributed by atoms with E-state index in [0.717, 1.165) is 12.0 Å². The van der Waals surface area contributed by atoms with Crippen LogP contribution in [0.4, 0.5) is 0 Å². The topological polar surface area (TPSA) is 91.2 Å². The summed E-state index contributed by atoms with van der Waals surface area (Å²) in [6.07, 6.45) is 3.64. The van der Waals surface area contributed by atoms with Crippen molar-refractivity contribution in [2.75, 3.05) is 20.3 Å². The summed E-state index contributed by atoms with van der Waals surface area (Å²) in [5, 5.41) is 14.8. The zero-order valence-electron chi connectivity index (χ0n) is 18.4. The van der Waals surface area contributed by atoms with Crippen LogP contribution in [0.1, 0.15) is 44.7 Å². The lowest BCUT2D eigenvalue weighted by atomic mass is 9.69. The molecule has 2 rings (SSSR count). The van der Waals surface area contributed by atoms with E-state index in [0.29, 0.717) is 36.9 Å². The van der Waals surface area contributed by atoms with Crippen molar-refractivity contribution < 1.29 is 14.3 Å². The fraction of sp³-hybridized carbons (Fsp3) is 0.542. The average molecular weight is 412 g/mol. The fourth-order valence-electron chi connectivity index (χ4n) is 4.12. The number of hydrogen-bond acceptors (Lipinski definition) is 4. The minimum Gasteiger partial charge on any atom is -0.375 e. The minimum atomic E-state index is -0.102. The highest BCUT2D eigenvalue weighted by atomic mass is 16.5. The summed E-state index contributed by atoms with van der Waals surface area (Å²) < 4.78 is 4.88. The van der Waals surface area contributed by atoms with Crippen LogP contribution in [0.2, 0.25) is 0 Å². The van der Waals surface area contributed by atoms with Gasteiger partial charge in [0.05, 0.1) is 11.6 Å². The molecule has 1 aliphatic rings. The van der Waals surface area contributed by atoms with Crippen LogP contribution in [-0.2, 0) is 20.9 Å². The van der Waals surface area contributed by atoms with Crippen LogP contribution in [0.5, 0.6) is 0 Å². The highest BCUT2D eigenvalue weighted by Gasteiger charge is 2.32. The number of amides is 2. The van der Waals surface area contributed by atoms with Gasteiger partial charge in [0.2, 0.25) is 11.8 Å². The molecule has 30 heavy (non-hydrogen) atoms. The molecule has 6 nitrogen and oxygen atoms in total. The first-order valence-corrected chi connectivity index (χ1v) is 10.5. The molecule has 0 fully saturated rings. The highest BCUT2D eigenvalue weighted by Crippen LogP contribution is 2.38. The Labute approximate surface area is 179 Å². The van der Waals surface area contributed by atoms with Crippen LogP contribution < -0.4 is 10.6 Å². The quantitative estimate of drug-likeness (QED) is 0.611. The van der Waals surface area contributed by atoms with Gasteiger partial charge in [-0.1, -0.05) is 37.6 Å². The van der Waals surface area contributed by atoms with E-state index in [9.17, 15) is 9.59 Å². The second-order valence-electron chi connectivity index (χ2n) is 8.44. The summed E-state index contributed by atoms with van der Waals surface area (Å²) in [5.41, 5.74) is 2.80. The Morgan fingerprint density at radius 1 is 1.20 bits per heavy atom. The summed E-state index contributed by atoms with van der Waals surface area (Å²) in [6.45, 7) is 7.61. The molecule has 2 N–H and O–H groups in total. The van der Waals surface area contributed by atoms with E-state index in [2.05, 4.69) is 43.6 Å². The Balaban J connectivity index is 1.93. The van der Waals surface area contributed by atoms with Crippen LogP contribution >= 0.6 is 0 Å². The SMILES string of the molecule is COCC(=O)NCC1C=C(C)C(CC(=O)NCc2ccc(C#N)cc2)CC1C(C)C. The number of ether oxygens (including phenoxy) is 1. The Morgan fingerprint density at radius 2 is 1.90 bits per heavy atom. The summed E-state index contributed by atoms with van der Waals surface area (Å²) >= 11 is 0. The fourth-order valence-corrected chi connectivity index (χ4v) is 4.12. The number of hydrogen-bond donors (Lipinski definition) is 2. The molecule has 1 aromatic carbocycles. The number of carbonyl (C=O) groups is 2. The number of nitriles is 1. The molecular weight excluding hydrogens is 378 g/mol. The van der Waals surface area contributed by atoms with Gasteiger partial charge in [-0.25, -0.2) is 0 Å². The van der Waals surface area contributed by atoms with Crippen molar-refractivity contribution in [2.24, 2.45) is 23.7 Å². The predicted octanol–water partition coefficient (Wildman–Crippen LogP) is 3.18. The molecule has 0 radical (unpaired) electrons. The zero-order valence-corrected chi connectivity index (χ0v) is 18.4. The van der Waals surface area contributed by atoms with Crippen LogP contribution in [-0.4, -0.2) is 32.1 Å². The number of nitrogens with zero attached hydrogens (tertiary/aromatic N) is 1. The zero-order chi connectivity index (χ0) is 22.1. The number of carbonyl (C=O) groups excluding carboxylic acids is 2. The lowest BCUT2D eigenvalue weighted by Crippen LogP contribution is -2.38. The average Bonchev–Trinajstić information content (AvgIpc) is 2.72. The van der Waals surface area contributed by atoms with E-state index < -0.39 is 0 Å². The summed E-state index contributed by atoms with van der Waals surface area (Å²) in [4.78, 5) is 24.3. The Hall–Kier alpha value is -2.65. The molecule has 6 heteroatoms. The van der Waals surface area contributed by atoms with Gasteiger partial charge in [-0.3, -0.25) is 9.59 Å². The van der Waals surface area contributed by atoms with E-state index in [4.69, 9.17) is 10.00 Å². The molecule has 0 saturated carbocycles. The molecule has 3 unspecified atom stereocenters. The highest BCUT2D eigenvalue weighted by molar-refractivity contribution is 5.77. The number of rotatable bonds is 9. The molecule has 1 aliphatic carbocycles. The summed E-state index contributed by atoms with van der Waals surface area (Å²) in [5.74, 6) is 1.28. The normalized spacial score (nSPS) is 20.9. The lowest BCUT2D eigenvalue weighted by Gasteiger charge is -2.37. The smallest absolute Gasteiger partial charge is 0.246 e. The third kappa shape index (κ3) is 7.00. The Kier molecular flexibility index (Phi) is 9.07. The molecule has 3 atom stereocenters. The molecule has 0 bridgehead atoms. The van der Waals surface area contributed by atoms with Crippen molar-refractivity contribution in [3.05, 3.63) is 47.0 Å². The van der Waals surface area contributed by atoms with Gasteiger partial charge in [-0.15, -0.1) is 0 Å². The monoisotopic (exact) mass is 411 g/mol. The van der Waals surface area contributed by atoms with Crippen molar-refractivity contribution >= 4 is 11.8 Å². The molecule has 1 aromatic rings. The third-order valence-corrected chi connectivity index (χ3v) is 5.90. The van der Waals surface area contributed by atoms with Crippen molar-refractivity contribution in [3.8, 4) is 6.07 Å². The number of methoxy groups -OCH3 is 1. The molecule has 0 aromatic heterocycles. The minimum absolute atomic E-state index is 0.0338. The van der Waals surface area contributed by atoms with Crippen molar-refractivity contribution in [3.63, 3.8) is 0 Å². The van der Waals surface area contributed by atoms with E-state index >= 15 is 0 Å². The van der Waals surface area contributed by atoms with E-state index in [-0.39, 0.29) is 30.3 Å². The van der Waals surface area contributed by atoms with Crippen LogP contribution in [0.3, 0.4) is 0 Å². The third-order valence-electron chi connectivity index (χ3n) is 5.90. The van der Waals surface area contributed by atoms with Gasteiger partial charge >= 0.3 is 0 Å². The molecule has 0 aliphatic heterocycles. The van der Waals surface area contributed by atoms with E-state index in [1.165, 1.54) is 12.7 Å². The van der Waals surface area contributed by atoms with Crippen molar-refractivity contribution in [1.82, 2.24) is 10.6 Å². The number of benzene rings is 1. The maximum absolute atomic E-state index is 12.5. The van der Waals surface area contributed by atoms with Crippen LogP contribution in [0, 0.1) is 35.0 Å². The molecule has 0 saturated heterocycles. The van der Waals surface area contributed by atoms with Gasteiger partial charge in [0.1, 0.15) is 6.61 Å². The van der Waals surface area contributed by atoms with E-state index in [1.54, 1.807) is 12.1 Å². The van der Waals surface area contributed by atoms with Gasteiger partial charge in [0, 0.05) is 26.6 Å². The summed E-state index contributed by atoms with van der Waals surface area (Å²) in [7, 11) is 1.51. The maximum atomic E-state index is 12.5. The summed E-state index contributed by atoms with van der Waals surface area (Å²) in [6, 6.07) is 9.34. The Bertz CT molecular complexity index is 793. The molecule has 2 amide bonds. The lowest BCUT2D eigenvalue weighted by molar-refractivity contribution is -0.125. The van der Waals surface area contributed by atoms with Gasteiger partial charge in [-0.05, 0) is 54.7 Å². The second kappa shape index (κ2) is 11.5. The van der Waals surface area contributed by atoms with Crippen LogP contribution in [0.25, 0.3) is 0 Å². The van der Waals surface area contributed by atoms with Gasteiger partial charge in [0.25, 0.3) is 0 Å². The van der Waals surface area contributed by atoms with E-state index in [1.807, 2.05) is 12.1 Å².